The van der Waals surface area contributed by atoms with Crippen molar-refractivity contribution in [3.63, 3.8) is 0 Å². The molecule has 2 heterocycles. The number of furan rings is 2. The van der Waals surface area contributed by atoms with Crippen LogP contribution in [0.25, 0.3) is 11.2 Å². The van der Waals surface area contributed by atoms with Gasteiger partial charge in [0, 0.05) is 6.07 Å². The number of fused-ring (bicyclic) bond motifs is 2. The highest BCUT2D eigenvalue weighted by Gasteiger charge is 2.19. The van der Waals surface area contributed by atoms with Crippen LogP contribution in [0.5, 0.6) is 0 Å². The summed E-state index contributed by atoms with van der Waals surface area (Å²) in [4.78, 5) is 0. The lowest BCUT2D eigenvalue weighted by atomic mass is 10.2. The maximum absolute atomic E-state index is 12.2. The van der Waals surface area contributed by atoms with Gasteiger partial charge < -0.3 is 9.73 Å². The molecule has 16 heavy (non-hydrogen) atoms. The summed E-state index contributed by atoms with van der Waals surface area (Å²) in [6.07, 6.45) is 5.84. The number of hydrogen-bond donors (Lipinski definition) is 1. The van der Waals surface area contributed by atoms with Crippen LogP contribution < -0.4 is 5.32 Å². The third kappa shape index (κ3) is 3.20. The molecule has 2 aromatic rings. The monoisotopic (exact) mass is 223 g/mol. The number of benzene rings is 1. The lowest BCUT2D eigenvalue weighted by Gasteiger charge is -1.94. The number of rotatable bonds is 4. The Morgan fingerprint density at radius 3 is 2.62 bits per heavy atom. The Labute approximate surface area is 95.2 Å². The van der Waals surface area contributed by atoms with Gasteiger partial charge in [-0.05, 0) is 44.5 Å². The van der Waals surface area contributed by atoms with Gasteiger partial charge in [-0.15, -0.1) is 0 Å². The first-order valence-electron chi connectivity index (χ1n) is 5.91. The van der Waals surface area contributed by atoms with Crippen LogP contribution in [0.4, 0.5) is 4.39 Å². The van der Waals surface area contributed by atoms with Gasteiger partial charge in [0.2, 0.25) is 0 Å². The van der Waals surface area contributed by atoms with E-state index in [0.29, 0.717) is 11.2 Å². The molecule has 1 N–H and O–H groups in total. The average molecular weight is 223 g/mol. The molecule has 3 heteroatoms. The predicted molar refractivity (Wildman–Crippen MR) is 63.2 cm³/mol. The fraction of sp³-hybridized carbons (Fsp3) is 0.538. The van der Waals surface area contributed by atoms with Crippen molar-refractivity contribution in [2.24, 2.45) is 5.92 Å². The Bertz CT molecular complexity index is 408. The Balaban J connectivity index is 0.000000120. The highest BCUT2D eigenvalue weighted by Crippen LogP contribution is 2.33. The number of nitrogens with one attached hydrogen (secondary N) is 1. The van der Waals surface area contributed by atoms with E-state index in [1.807, 2.05) is 7.05 Å². The van der Waals surface area contributed by atoms with Crippen molar-refractivity contribution in [1.82, 2.24) is 5.32 Å². The smallest absolute Gasteiger partial charge is 0.169 e. The quantitative estimate of drug-likeness (QED) is 0.803. The molecule has 0 aliphatic heterocycles. The second-order valence-corrected chi connectivity index (χ2v) is 4.38. The first-order valence-corrected chi connectivity index (χ1v) is 5.91. The third-order valence-electron chi connectivity index (χ3n) is 2.87. The number of halogens is 1. The van der Waals surface area contributed by atoms with Crippen LogP contribution in [0.15, 0.2) is 22.6 Å². The molecule has 0 unspecified atom stereocenters. The zero-order valence-electron chi connectivity index (χ0n) is 9.63. The fourth-order valence-corrected chi connectivity index (χ4v) is 1.73. The van der Waals surface area contributed by atoms with Crippen molar-refractivity contribution in [3.8, 4) is 0 Å². The van der Waals surface area contributed by atoms with Crippen molar-refractivity contribution in [3.05, 3.63) is 24.0 Å². The largest absolute Gasteiger partial charge is 0.454 e. The summed E-state index contributed by atoms with van der Waals surface area (Å²) >= 11 is 0. The molecule has 0 spiro atoms. The summed E-state index contributed by atoms with van der Waals surface area (Å²) in [6, 6.07) is 4.72. The molecule has 2 bridgehead atoms. The van der Waals surface area contributed by atoms with E-state index < -0.39 is 0 Å². The lowest BCUT2D eigenvalue weighted by molar-refractivity contribution is 0.608. The summed E-state index contributed by atoms with van der Waals surface area (Å²) in [7, 11) is 2.02. The van der Waals surface area contributed by atoms with E-state index >= 15 is 0 Å². The molecule has 1 saturated carbocycles. The number of hydrogen-bond acceptors (Lipinski definition) is 2. The van der Waals surface area contributed by atoms with Gasteiger partial charge >= 0.3 is 0 Å². The van der Waals surface area contributed by atoms with E-state index in [9.17, 15) is 4.39 Å². The van der Waals surface area contributed by atoms with E-state index in [1.165, 1.54) is 38.3 Å². The van der Waals surface area contributed by atoms with Crippen molar-refractivity contribution < 1.29 is 8.81 Å². The summed E-state index contributed by atoms with van der Waals surface area (Å²) in [5.41, 5.74) is 0.956. The Hall–Kier alpha value is -1.09. The predicted octanol–water partition coefficient (Wildman–Crippen LogP) is 3.41. The molecule has 3 rings (SSSR count). The maximum Gasteiger partial charge on any atom is 0.169 e. The fourth-order valence-electron chi connectivity index (χ4n) is 1.73. The van der Waals surface area contributed by atoms with Crippen molar-refractivity contribution in [1.29, 1.82) is 0 Å². The molecular weight excluding hydrogens is 205 g/mol. The summed E-state index contributed by atoms with van der Waals surface area (Å²) in [5.74, 6) is 0.853. The van der Waals surface area contributed by atoms with Gasteiger partial charge in [-0.25, -0.2) is 4.39 Å². The first-order chi connectivity index (χ1) is 7.79. The Kier molecular flexibility index (Phi) is 3.78. The van der Waals surface area contributed by atoms with Crippen molar-refractivity contribution >= 4 is 11.2 Å². The zero-order chi connectivity index (χ0) is 11.4. The molecule has 1 aliphatic carbocycles. The molecule has 2 aromatic heterocycles. The minimum Gasteiger partial charge on any atom is -0.454 e. The summed E-state index contributed by atoms with van der Waals surface area (Å²) < 4.78 is 17.1. The molecule has 1 fully saturated rings. The van der Waals surface area contributed by atoms with Crippen molar-refractivity contribution in [2.75, 3.05) is 13.6 Å². The van der Waals surface area contributed by atoms with E-state index in [4.69, 9.17) is 4.42 Å². The van der Waals surface area contributed by atoms with Crippen LogP contribution in [-0.4, -0.2) is 13.6 Å². The van der Waals surface area contributed by atoms with Crippen LogP contribution in [0.2, 0.25) is 0 Å². The van der Waals surface area contributed by atoms with Crippen LogP contribution in [0.3, 0.4) is 0 Å². The second kappa shape index (κ2) is 5.30. The van der Waals surface area contributed by atoms with Gasteiger partial charge in [-0.1, -0.05) is 12.8 Å². The molecule has 0 atom stereocenters. The summed E-state index contributed by atoms with van der Waals surface area (Å²) in [5, 5.41) is 3.15. The van der Waals surface area contributed by atoms with Gasteiger partial charge in [-0.3, -0.25) is 0 Å². The van der Waals surface area contributed by atoms with Crippen molar-refractivity contribution in [2.45, 2.75) is 25.7 Å². The van der Waals surface area contributed by atoms with E-state index in [1.54, 1.807) is 12.1 Å². The normalized spacial score (nSPS) is 15.1. The van der Waals surface area contributed by atoms with E-state index in [0.717, 1.165) is 5.92 Å². The Morgan fingerprint density at radius 2 is 2.25 bits per heavy atom. The minimum atomic E-state index is -0.262. The van der Waals surface area contributed by atoms with Gasteiger partial charge in [0.25, 0.3) is 0 Å². The second-order valence-electron chi connectivity index (χ2n) is 4.38. The average Bonchev–Trinajstić information content (AvgIpc) is 2.88. The zero-order valence-corrected chi connectivity index (χ0v) is 9.63. The molecule has 2 nitrogen and oxygen atoms in total. The van der Waals surface area contributed by atoms with E-state index in [2.05, 4.69) is 5.32 Å². The van der Waals surface area contributed by atoms with Crippen LogP contribution in [0.1, 0.15) is 25.7 Å². The molecule has 0 radical (unpaired) electrons. The van der Waals surface area contributed by atoms with Crippen LogP contribution in [-0.2, 0) is 0 Å². The molecule has 0 amide bonds. The molecular formula is C13H18FNO. The molecule has 0 aromatic carbocycles. The molecule has 88 valence electrons. The van der Waals surface area contributed by atoms with Crippen LogP contribution >= 0.6 is 0 Å². The SMILES string of the molecule is CNCCCC1CC1.Fc1cc2ccc1o2. The highest BCUT2D eigenvalue weighted by molar-refractivity contribution is 5.60. The van der Waals surface area contributed by atoms with Gasteiger partial charge in [-0.2, -0.15) is 0 Å². The van der Waals surface area contributed by atoms with Gasteiger partial charge in [0.05, 0.1) is 0 Å². The summed E-state index contributed by atoms with van der Waals surface area (Å²) in [6.45, 7) is 1.20. The van der Waals surface area contributed by atoms with Gasteiger partial charge in [0.15, 0.2) is 11.4 Å². The highest BCUT2D eigenvalue weighted by atomic mass is 19.1. The standard InChI is InChI=1S/C7H15N.C6H3FO/c1-8-6-2-3-7-4-5-7;7-5-3-4-1-2-6(5)8-4/h7-8H,2-6H2,1H3;1-3H. The van der Waals surface area contributed by atoms with Crippen LogP contribution in [0, 0.1) is 11.7 Å². The Morgan fingerprint density at radius 1 is 1.44 bits per heavy atom. The van der Waals surface area contributed by atoms with Gasteiger partial charge in [0.1, 0.15) is 5.58 Å². The third-order valence-corrected chi connectivity index (χ3v) is 2.87. The first kappa shape index (κ1) is 11.4. The van der Waals surface area contributed by atoms with E-state index in [-0.39, 0.29) is 5.82 Å². The molecule has 1 aliphatic rings. The molecule has 0 saturated heterocycles. The maximum atomic E-state index is 12.2. The lowest BCUT2D eigenvalue weighted by Crippen LogP contribution is -2.07. The minimum absolute atomic E-state index is 0.262. The topological polar surface area (TPSA) is 25.2 Å².